The summed E-state index contributed by atoms with van der Waals surface area (Å²) < 4.78 is 26.0. The average molecular weight is 240 g/mol. The van der Waals surface area contributed by atoms with Gasteiger partial charge in [0.2, 0.25) is 5.91 Å². The first-order chi connectivity index (χ1) is 8.06. The van der Waals surface area contributed by atoms with Crippen molar-refractivity contribution in [3.05, 3.63) is 35.4 Å². The number of hydrogen-bond acceptors (Lipinski definition) is 2. The Bertz CT molecular complexity index is 416. The molecule has 2 rings (SSSR count). The van der Waals surface area contributed by atoms with Crippen molar-refractivity contribution in [3.8, 4) is 0 Å². The van der Waals surface area contributed by atoms with Crippen LogP contribution in [0.15, 0.2) is 18.2 Å². The van der Waals surface area contributed by atoms with Crippen molar-refractivity contribution >= 4 is 5.91 Å². The second-order valence-electron chi connectivity index (χ2n) is 4.31. The normalized spacial score (nSPS) is 20.7. The van der Waals surface area contributed by atoms with E-state index in [2.05, 4.69) is 0 Å². The van der Waals surface area contributed by atoms with Crippen LogP contribution in [0.2, 0.25) is 0 Å². The summed E-state index contributed by atoms with van der Waals surface area (Å²) in [5, 5.41) is 0. The zero-order chi connectivity index (χ0) is 12.4. The number of nitrogens with two attached hydrogens (primary N) is 1. The quantitative estimate of drug-likeness (QED) is 0.868. The van der Waals surface area contributed by atoms with E-state index in [1.165, 1.54) is 12.1 Å². The van der Waals surface area contributed by atoms with E-state index < -0.39 is 11.6 Å². The number of primary amides is 1. The Kier molecular flexibility index (Phi) is 3.38. The lowest BCUT2D eigenvalue weighted by Gasteiger charge is -2.21. The molecule has 0 saturated carbocycles. The topological polar surface area (TPSA) is 46.3 Å². The van der Waals surface area contributed by atoms with Gasteiger partial charge in [-0.3, -0.25) is 9.69 Å². The Morgan fingerprint density at radius 3 is 2.59 bits per heavy atom. The number of benzene rings is 1. The van der Waals surface area contributed by atoms with E-state index in [0.717, 1.165) is 19.0 Å². The number of amides is 1. The largest absolute Gasteiger partial charge is 0.368 e. The number of likely N-dealkylation sites (tertiary alicyclic amines) is 1. The van der Waals surface area contributed by atoms with Gasteiger partial charge in [-0.15, -0.1) is 0 Å². The molecule has 0 spiro atoms. The molecular formula is C12H14F2N2O. The van der Waals surface area contributed by atoms with Crippen LogP contribution in [0.3, 0.4) is 0 Å². The molecule has 1 atom stereocenters. The molecule has 92 valence electrons. The highest BCUT2D eigenvalue weighted by Crippen LogP contribution is 2.20. The number of hydrogen-bond donors (Lipinski definition) is 1. The molecule has 0 bridgehead atoms. The molecule has 5 heteroatoms. The summed E-state index contributed by atoms with van der Waals surface area (Å²) >= 11 is 0. The lowest BCUT2D eigenvalue weighted by atomic mass is 10.1. The lowest BCUT2D eigenvalue weighted by molar-refractivity contribution is -0.122. The molecule has 1 unspecified atom stereocenters. The Morgan fingerprint density at radius 2 is 2.00 bits per heavy atom. The number of halogens is 2. The van der Waals surface area contributed by atoms with Gasteiger partial charge in [-0.25, -0.2) is 8.78 Å². The SMILES string of the molecule is NC(=O)C1CCCN1Cc1cc(F)cc(F)c1. The summed E-state index contributed by atoms with van der Waals surface area (Å²) in [6, 6.07) is 3.07. The predicted molar refractivity (Wildman–Crippen MR) is 59.0 cm³/mol. The maximum Gasteiger partial charge on any atom is 0.234 e. The molecule has 2 N–H and O–H groups in total. The van der Waals surface area contributed by atoms with E-state index in [1.54, 1.807) is 0 Å². The summed E-state index contributed by atoms with van der Waals surface area (Å²) in [4.78, 5) is 13.0. The number of carbonyl (C=O) groups excluding carboxylic acids is 1. The van der Waals surface area contributed by atoms with Gasteiger partial charge >= 0.3 is 0 Å². The highest BCUT2D eigenvalue weighted by Gasteiger charge is 2.28. The monoisotopic (exact) mass is 240 g/mol. The predicted octanol–water partition coefficient (Wildman–Crippen LogP) is 1.41. The molecule has 1 aliphatic rings. The summed E-state index contributed by atoms with van der Waals surface area (Å²) in [6.07, 6.45) is 1.60. The summed E-state index contributed by atoms with van der Waals surface area (Å²) in [5.41, 5.74) is 5.80. The van der Waals surface area contributed by atoms with Crippen molar-refractivity contribution < 1.29 is 13.6 Å². The van der Waals surface area contributed by atoms with Crippen LogP contribution in [-0.4, -0.2) is 23.4 Å². The van der Waals surface area contributed by atoms with Crippen LogP contribution in [-0.2, 0) is 11.3 Å². The molecule has 0 radical (unpaired) electrons. The summed E-state index contributed by atoms with van der Waals surface area (Å²) in [6.45, 7) is 1.08. The van der Waals surface area contributed by atoms with E-state index in [1.807, 2.05) is 4.90 Å². The molecule has 17 heavy (non-hydrogen) atoms. The first-order valence-electron chi connectivity index (χ1n) is 5.54. The molecule has 1 fully saturated rings. The van der Waals surface area contributed by atoms with E-state index in [9.17, 15) is 13.6 Å². The third-order valence-electron chi connectivity index (χ3n) is 3.00. The van der Waals surface area contributed by atoms with Crippen molar-refractivity contribution in [2.75, 3.05) is 6.54 Å². The maximum atomic E-state index is 13.0. The smallest absolute Gasteiger partial charge is 0.234 e. The minimum absolute atomic E-state index is 0.318. The van der Waals surface area contributed by atoms with Gasteiger partial charge in [-0.05, 0) is 37.1 Å². The Balaban J connectivity index is 2.12. The second kappa shape index (κ2) is 4.79. The van der Waals surface area contributed by atoms with Crippen molar-refractivity contribution in [1.29, 1.82) is 0 Å². The van der Waals surface area contributed by atoms with Crippen LogP contribution in [0.25, 0.3) is 0 Å². The minimum atomic E-state index is -0.602. The molecule has 1 saturated heterocycles. The van der Waals surface area contributed by atoms with Crippen LogP contribution in [0.1, 0.15) is 18.4 Å². The highest BCUT2D eigenvalue weighted by atomic mass is 19.1. The molecule has 1 heterocycles. The van der Waals surface area contributed by atoms with E-state index >= 15 is 0 Å². The molecule has 0 aliphatic carbocycles. The van der Waals surface area contributed by atoms with Crippen molar-refractivity contribution in [2.45, 2.75) is 25.4 Å². The van der Waals surface area contributed by atoms with Gasteiger partial charge in [-0.2, -0.15) is 0 Å². The molecule has 1 aromatic carbocycles. The summed E-state index contributed by atoms with van der Waals surface area (Å²) in [7, 11) is 0. The zero-order valence-corrected chi connectivity index (χ0v) is 9.33. The third kappa shape index (κ3) is 2.79. The summed E-state index contributed by atoms with van der Waals surface area (Å²) in [5.74, 6) is -1.58. The average Bonchev–Trinajstić information content (AvgIpc) is 2.63. The Hall–Kier alpha value is -1.49. The van der Waals surface area contributed by atoms with Gasteiger partial charge in [0, 0.05) is 12.6 Å². The van der Waals surface area contributed by atoms with Crippen LogP contribution in [0.4, 0.5) is 8.78 Å². The fourth-order valence-corrected chi connectivity index (χ4v) is 2.27. The first-order valence-corrected chi connectivity index (χ1v) is 5.54. The fraction of sp³-hybridized carbons (Fsp3) is 0.417. The van der Waals surface area contributed by atoms with Crippen molar-refractivity contribution in [1.82, 2.24) is 4.90 Å². The first kappa shape index (κ1) is 12.0. The van der Waals surface area contributed by atoms with Gasteiger partial charge in [-0.1, -0.05) is 0 Å². The molecule has 3 nitrogen and oxygen atoms in total. The molecule has 1 aromatic rings. The van der Waals surface area contributed by atoms with E-state index in [4.69, 9.17) is 5.73 Å². The van der Waals surface area contributed by atoms with Crippen molar-refractivity contribution in [3.63, 3.8) is 0 Å². The van der Waals surface area contributed by atoms with Crippen LogP contribution >= 0.6 is 0 Å². The van der Waals surface area contributed by atoms with E-state index in [0.29, 0.717) is 18.5 Å². The van der Waals surface area contributed by atoms with Gasteiger partial charge in [0.15, 0.2) is 0 Å². The molecule has 0 aromatic heterocycles. The number of rotatable bonds is 3. The maximum absolute atomic E-state index is 13.0. The zero-order valence-electron chi connectivity index (χ0n) is 9.33. The van der Waals surface area contributed by atoms with Gasteiger partial charge in [0.1, 0.15) is 11.6 Å². The Labute approximate surface area is 98.2 Å². The fourth-order valence-electron chi connectivity index (χ4n) is 2.27. The highest BCUT2D eigenvalue weighted by molar-refractivity contribution is 5.80. The van der Waals surface area contributed by atoms with E-state index in [-0.39, 0.29) is 11.9 Å². The van der Waals surface area contributed by atoms with Crippen LogP contribution < -0.4 is 5.73 Å². The number of carbonyl (C=O) groups is 1. The number of nitrogens with zero attached hydrogens (tertiary/aromatic N) is 1. The van der Waals surface area contributed by atoms with Crippen molar-refractivity contribution in [2.24, 2.45) is 5.73 Å². The van der Waals surface area contributed by atoms with Gasteiger partial charge < -0.3 is 5.73 Å². The molecular weight excluding hydrogens is 226 g/mol. The van der Waals surface area contributed by atoms with Crippen LogP contribution in [0, 0.1) is 11.6 Å². The lowest BCUT2D eigenvalue weighted by Crippen LogP contribution is -2.39. The van der Waals surface area contributed by atoms with Gasteiger partial charge in [0.25, 0.3) is 0 Å². The van der Waals surface area contributed by atoms with Gasteiger partial charge in [0.05, 0.1) is 6.04 Å². The molecule has 1 amide bonds. The minimum Gasteiger partial charge on any atom is -0.368 e. The second-order valence-corrected chi connectivity index (χ2v) is 4.31. The van der Waals surface area contributed by atoms with Crippen LogP contribution in [0.5, 0.6) is 0 Å². The molecule has 1 aliphatic heterocycles. The Morgan fingerprint density at radius 1 is 1.35 bits per heavy atom. The third-order valence-corrected chi connectivity index (χ3v) is 3.00. The standard InChI is InChI=1S/C12H14F2N2O/c13-9-4-8(5-10(14)6-9)7-16-3-1-2-11(16)12(15)17/h4-6,11H,1-3,7H2,(H2,15,17).